The fraction of sp³-hybridized carbons (Fsp3) is 0.200. The van der Waals surface area contributed by atoms with Gasteiger partial charge in [-0.1, -0.05) is 90.5 Å². The van der Waals surface area contributed by atoms with E-state index in [1.807, 2.05) is 67.6 Å². The third kappa shape index (κ3) is 5.26. The zero-order chi connectivity index (χ0) is 27.3. The summed E-state index contributed by atoms with van der Waals surface area (Å²) in [7, 11) is -1.66. The molecule has 4 rings (SSSR count). The molecule has 0 saturated heterocycles. The second kappa shape index (κ2) is 11.1. The minimum Gasteiger partial charge on any atom is -0.468 e. The van der Waals surface area contributed by atoms with E-state index < -0.39 is 33.3 Å². The number of allylic oxidation sites excluding steroid dienone is 2. The number of carbonyl (C=O) groups excluding carboxylic acids is 2. The minimum atomic E-state index is -4.16. The van der Waals surface area contributed by atoms with Crippen molar-refractivity contribution in [3.8, 4) is 0 Å². The van der Waals surface area contributed by atoms with Gasteiger partial charge in [0.05, 0.1) is 19.1 Å². The predicted octanol–water partition coefficient (Wildman–Crippen LogP) is 4.46. The molecule has 0 heterocycles. The van der Waals surface area contributed by atoms with E-state index in [-0.39, 0.29) is 17.0 Å². The molecule has 2 atom stereocenters. The number of hydrogen-bond acceptors (Lipinski definition) is 6. The van der Waals surface area contributed by atoms with Crippen LogP contribution in [0.15, 0.2) is 113 Å². The summed E-state index contributed by atoms with van der Waals surface area (Å²) >= 11 is 0. The molecule has 0 spiro atoms. The Hall–Kier alpha value is -4.17. The summed E-state index contributed by atoms with van der Waals surface area (Å²) in [6.07, 6.45) is 3.57. The standard InChI is InChI=1S/C30H29NO6S/c1-21-14-16-24(17-15-21)38(34,35)31-27(28(32)36-2)25-18-19-30(29(33)37-3,20-22-10-6-4-7-11-22)26(25)23-12-8-5-9-13-23/h4-19,26,31H,20H2,1-3H3/b27-25+/t26-,30+/m0/s1. The quantitative estimate of drug-likeness (QED) is 0.341. The summed E-state index contributed by atoms with van der Waals surface area (Å²) in [4.78, 5) is 26.6. The van der Waals surface area contributed by atoms with Crippen LogP contribution in [-0.2, 0) is 35.5 Å². The van der Waals surface area contributed by atoms with Crippen molar-refractivity contribution in [3.05, 3.63) is 125 Å². The zero-order valence-corrected chi connectivity index (χ0v) is 22.2. The molecular formula is C30H29NO6S. The molecule has 0 unspecified atom stereocenters. The Bertz CT molecular complexity index is 1480. The highest BCUT2D eigenvalue weighted by Crippen LogP contribution is 2.51. The molecule has 0 aliphatic heterocycles. The predicted molar refractivity (Wildman–Crippen MR) is 143 cm³/mol. The molecule has 0 saturated carbocycles. The van der Waals surface area contributed by atoms with Gasteiger partial charge < -0.3 is 9.47 Å². The number of hydrogen-bond donors (Lipinski definition) is 1. The highest BCUT2D eigenvalue weighted by atomic mass is 32.2. The van der Waals surface area contributed by atoms with E-state index in [1.54, 1.807) is 24.3 Å². The van der Waals surface area contributed by atoms with Gasteiger partial charge in [-0.15, -0.1) is 0 Å². The molecule has 1 N–H and O–H groups in total. The highest BCUT2D eigenvalue weighted by Gasteiger charge is 2.51. The molecule has 3 aromatic carbocycles. The van der Waals surface area contributed by atoms with Crippen LogP contribution in [-0.4, -0.2) is 34.6 Å². The van der Waals surface area contributed by atoms with Crippen LogP contribution in [0.1, 0.15) is 22.6 Å². The first-order valence-corrected chi connectivity index (χ1v) is 13.5. The van der Waals surface area contributed by atoms with Crippen molar-refractivity contribution < 1.29 is 27.5 Å². The number of nitrogens with one attached hydrogen (secondary N) is 1. The van der Waals surface area contributed by atoms with Gasteiger partial charge in [0.25, 0.3) is 10.0 Å². The molecule has 0 fully saturated rings. The average molecular weight is 532 g/mol. The lowest BCUT2D eigenvalue weighted by molar-refractivity contribution is -0.150. The fourth-order valence-electron chi connectivity index (χ4n) is 4.83. The Labute approximate surface area is 222 Å². The van der Waals surface area contributed by atoms with E-state index >= 15 is 0 Å². The van der Waals surface area contributed by atoms with Gasteiger partial charge in [-0.3, -0.25) is 9.52 Å². The van der Waals surface area contributed by atoms with Gasteiger partial charge in [0, 0.05) is 5.92 Å². The average Bonchev–Trinajstić information content (AvgIpc) is 3.31. The van der Waals surface area contributed by atoms with Crippen molar-refractivity contribution in [1.29, 1.82) is 0 Å². The van der Waals surface area contributed by atoms with Crippen LogP contribution in [0.5, 0.6) is 0 Å². The van der Waals surface area contributed by atoms with Gasteiger partial charge in [0.15, 0.2) is 0 Å². The van der Waals surface area contributed by atoms with Crippen molar-refractivity contribution in [2.45, 2.75) is 24.2 Å². The minimum absolute atomic E-state index is 0.00754. The fourth-order valence-corrected chi connectivity index (χ4v) is 5.91. The molecule has 0 radical (unpaired) electrons. The third-order valence-electron chi connectivity index (χ3n) is 6.67. The zero-order valence-electron chi connectivity index (χ0n) is 21.4. The van der Waals surface area contributed by atoms with Crippen LogP contribution >= 0.6 is 0 Å². The first-order valence-electron chi connectivity index (χ1n) is 12.0. The van der Waals surface area contributed by atoms with Crippen LogP contribution in [0, 0.1) is 12.3 Å². The molecule has 38 heavy (non-hydrogen) atoms. The molecule has 0 bridgehead atoms. The number of rotatable bonds is 8. The summed E-state index contributed by atoms with van der Waals surface area (Å²) < 4.78 is 39.4. The maximum atomic E-state index is 13.5. The molecule has 1 aliphatic carbocycles. The molecule has 196 valence electrons. The number of sulfonamides is 1. The Morgan fingerprint density at radius 2 is 1.47 bits per heavy atom. The van der Waals surface area contributed by atoms with Crippen LogP contribution < -0.4 is 4.72 Å². The van der Waals surface area contributed by atoms with Crippen molar-refractivity contribution >= 4 is 22.0 Å². The lowest BCUT2D eigenvalue weighted by Gasteiger charge is -2.34. The molecule has 0 aromatic heterocycles. The maximum absolute atomic E-state index is 13.5. The van der Waals surface area contributed by atoms with Crippen LogP contribution in [0.3, 0.4) is 0 Å². The number of aryl methyl sites for hydroxylation is 1. The number of benzene rings is 3. The summed E-state index contributed by atoms with van der Waals surface area (Å²) in [5.41, 5.74) is 1.27. The van der Waals surface area contributed by atoms with Crippen molar-refractivity contribution in [1.82, 2.24) is 4.72 Å². The van der Waals surface area contributed by atoms with E-state index in [4.69, 9.17) is 9.47 Å². The number of esters is 2. The maximum Gasteiger partial charge on any atom is 0.355 e. The number of ether oxygens (including phenoxy) is 2. The van der Waals surface area contributed by atoms with E-state index in [9.17, 15) is 18.0 Å². The lowest BCUT2D eigenvalue weighted by Crippen LogP contribution is -2.38. The molecular weight excluding hydrogens is 502 g/mol. The van der Waals surface area contributed by atoms with E-state index in [2.05, 4.69) is 4.72 Å². The van der Waals surface area contributed by atoms with Gasteiger partial charge in [-0.25, -0.2) is 13.2 Å². The van der Waals surface area contributed by atoms with Gasteiger partial charge in [0.2, 0.25) is 0 Å². The normalized spacial score (nSPS) is 20.0. The summed E-state index contributed by atoms with van der Waals surface area (Å²) in [6.45, 7) is 1.85. The topological polar surface area (TPSA) is 98.8 Å². The largest absolute Gasteiger partial charge is 0.468 e. The van der Waals surface area contributed by atoms with Crippen molar-refractivity contribution in [2.24, 2.45) is 5.41 Å². The Morgan fingerprint density at radius 3 is 2.05 bits per heavy atom. The highest BCUT2D eigenvalue weighted by molar-refractivity contribution is 7.89. The molecule has 1 aliphatic rings. The van der Waals surface area contributed by atoms with Crippen LogP contribution in [0.25, 0.3) is 0 Å². The smallest absolute Gasteiger partial charge is 0.355 e. The van der Waals surface area contributed by atoms with E-state index in [0.717, 1.165) is 11.1 Å². The Kier molecular flexibility index (Phi) is 7.83. The van der Waals surface area contributed by atoms with Gasteiger partial charge in [0.1, 0.15) is 11.1 Å². The second-order valence-corrected chi connectivity index (χ2v) is 10.8. The lowest BCUT2D eigenvalue weighted by atomic mass is 9.69. The summed E-state index contributed by atoms with van der Waals surface area (Å²) in [6, 6.07) is 24.9. The van der Waals surface area contributed by atoms with Crippen molar-refractivity contribution in [2.75, 3.05) is 14.2 Å². The molecule has 8 heteroatoms. The van der Waals surface area contributed by atoms with Crippen LogP contribution in [0.2, 0.25) is 0 Å². The SMILES string of the molecule is COC(=O)/C(NS(=O)(=O)c1ccc(C)cc1)=C1/C=C[C@](Cc2ccccc2)(C(=O)OC)[C@H]1c1ccccc1. The summed E-state index contributed by atoms with van der Waals surface area (Å²) in [5, 5.41) is 0. The van der Waals surface area contributed by atoms with Gasteiger partial charge in [-0.2, -0.15) is 0 Å². The second-order valence-electron chi connectivity index (χ2n) is 9.11. The Balaban J connectivity index is 1.93. The first kappa shape index (κ1) is 26.9. The number of carbonyl (C=O) groups is 2. The van der Waals surface area contributed by atoms with Gasteiger partial charge >= 0.3 is 11.9 Å². The van der Waals surface area contributed by atoms with E-state index in [0.29, 0.717) is 11.1 Å². The molecule has 0 amide bonds. The molecule has 7 nitrogen and oxygen atoms in total. The first-order chi connectivity index (χ1) is 18.2. The van der Waals surface area contributed by atoms with Gasteiger partial charge in [-0.05, 0) is 42.2 Å². The third-order valence-corrected chi connectivity index (χ3v) is 8.04. The van der Waals surface area contributed by atoms with E-state index in [1.165, 1.54) is 26.4 Å². The Morgan fingerprint density at radius 1 is 0.868 bits per heavy atom. The number of methoxy groups -OCH3 is 2. The van der Waals surface area contributed by atoms with Crippen LogP contribution in [0.4, 0.5) is 0 Å². The molecule has 3 aromatic rings. The summed E-state index contributed by atoms with van der Waals surface area (Å²) in [5.74, 6) is -2.13. The van der Waals surface area contributed by atoms with Crippen molar-refractivity contribution in [3.63, 3.8) is 0 Å². The monoisotopic (exact) mass is 531 g/mol.